The molecule has 0 bridgehead atoms. The Morgan fingerprint density at radius 2 is 1.89 bits per heavy atom. The zero-order valence-corrected chi connectivity index (χ0v) is 30.9. The molecule has 5 aliphatic rings. The fourth-order valence-corrected chi connectivity index (χ4v) is 8.37. The Bertz CT molecular complexity index is 1970. The highest BCUT2D eigenvalue weighted by atomic mass is 19.1. The number of hydrogen-bond acceptors (Lipinski definition) is 8. The zero-order chi connectivity index (χ0) is 36.5. The summed E-state index contributed by atoms with van der Waals surface area (Å²) in [5.41, 5.74) is 8.17. The number of aryl methyl sites for hydroxylation is 1. The first-order chi connectivity index (χ1) is 25.9. The lowest BCUT2D eigenvalue weighted by atomic mass is 9.94. The summed E-state index contributed by atoms with van der Waals surface area (Å²) in [7, 11) is 0. The monoisotopic (exact) mass is 719 g/mol. The van der Waals surface area contributed by atoms with Gasteiger partial charge < -0.3 is 34.4 Å². The summed E-state index contributed by atoms with van der Waals surface area (Å²) < 4.78 is 23.3. The summed E-state index contributed by atoms with van der Waals surface area (Å²) in [5, 5.41) is 14.5. The summed E-state index contributed by atoms with van der Waals surface area (Å²) in [5.74, 6) is 0.0754. The smallest absolute Gasteiger partial charge is 0.274 e. The molecule has 1 aromatic carbocycles. The molecular weight excluding hydrogens is 670 g/mol. The molecule has 0 atom stereocenters. The van der Waals surface area contributed by atoms with Gasteiger partial charge in [-0.1, -0.05) is 25.5 Å². The molecule has 2 fully saturated rings. The Balaban J connectivity index is 1.10. The van der Waals surface area contributed by atoms with Crippen LogP contribution < -0.4 is 15.1 Å². The van der Waals surface area contributed by atoms with Gasteiger partial charge in [0.15, 0.2) is 0 Å². The van der Waals surface area contributed by atoms with Gasteiger partial charge in [0.05, 0.1) is 54.8 Å². The van der Waals surface area contributed by atoms with Gasteiger partial charge in [-0.25, -0.2) is 9.37 Å². The van der Waals surface area contributed by atoms with Crippen LogP contribution in [0.25, 0.3) is 5.57 Å². The van der Waals surface area contributed by atoms with Crippen LogP contribution in [0.5, 0.6) is 0 Å². The van der Waals surface area contributed by atoms with Gasteiger partial charge in [-0.3, -0.25) is 9.69 Å². The largest absolute Gasteiger partial charge is 0.392 e. The Morgan fingerprint density at radius 3 is 2.60 bits per heavy atom. The van der Waals surface area contributed by atoms with Gasteiger partial charge in [0.1, 0.15) is 17.3 Å². The van der Waals surface area contributed by atoms with E-state index in [9.17, 15) is 9.90 Å². The van der Waals surface area contributed by atoms with Crippen LogP contribution in [-0.2, 0) is 30.7 Å². The van der Waals surface area contributed by atoms with Crippen LogP contribution >= 0.6 is 0 Å². The van der Waals surface area contributed by atoms with E-state index < -0.39 is 5.82 Å². The van der Waals surface area contributed by atoms with E-state index in [2.05, 4.69) is 38.7 Å². The topological polar surface area (TPSA) is 89.3 Å². The third-order valence-electron chi connectivity index (χ3n) is 11.3. The summed E-state index contributed by atoms with van der Waals surface area (Å²) in [6.45, 7) is 10.4. The maximum atomic E-state index is 15.7. The molecule has 3 aromatic rings. The van der Waals surface area contributed by atoms with Crippen molar-refractivity contribution in [3.63, 3.8) is 0 Å². The number of carbonyl (C=O) groups is 1. The first-order valence-corrected chi connectivity index (χ1v) is 19.3. The standard InChI is InChI=1S/C42H50FN7O3/c1-3-5-9-38-36(45-41-12-11-32(24-44-41)46-14-16-47(17-15-46)33-27-53-28-33)20-30(25-48(38)13-4-2)34-22-31(43)23-39(35(34)26-51)50-19-18-49-37-10-7-6-8-29(37)21-40(49)42(50)52/h4,9,11-13,20-25,33,51H,3,5-8,10,14-19,26-28H2,1-2H3,(H,44,45)/b13-4-,38-9+. The normalized spacial score (nSPS) is 20.4. The number of benzene rings is 1. The third-order valence-corrected chi connectivity index (χ3v) is 11.3. The fraction of sp³-hybridized carbons (Fsp3) is 0.429. The van der Waals surface area contributed by atoms with Crippen LogP contribution in [0.1, 0.15) is 72.4 Å². The van der Waals surface area contributed by atoms with Crippen LogP contribution in [0.3, 0.4) is 0 Å². The summed E-state index contributed by atoms with van der Waals surface area (Å²) in [6, 6.07) is 9.55. The number of ether oxygens (including phenoxy) is 1. The predicted molar refractivity (Wildman–Crippen MR) is 207 cm³/mol. The van der Waals surface area contributed by atoms with E-state index in [4.69, 9.17) is 9.72 Å². The number of nitrogens with one attached hydrogen (secondary N) is 1. The van der Waals surface area contributed by atoms with Crippen LogP contribution in [0.15, 0.2) is 78.6 Å². The Kier molecular flexibility index (Phi) is 10.2. The number of pyridine rings is 1. The highest BCUT2D eigenvalue weighted by molar-refractivity contribution is 6.07. The first-order valence-electron chi connectivity index (χ1n) is 19.3. The molecule has 2 N–H and O–H groups in total. The molecule has 0 unspecified atom stereocenters. The number of halogens is 1. The lowest BCUT2D eigenvalue weighted by Gasteiger charge is -2.43. The number of carbonyl (C=O) groups excluding carboxylic acids is 1. The summed E-state index contributed by atoms with van der Waals surface area (Å²) in [6.07, 6.45) is 18.1. The maximum Gasteiger partial charge on any atom is 0.274 e. The zero-order valence-electron chi connectivity index (χ0n) is 30.9. The van der Waals surface area contributed by atoms with Crippen molar-refractivity contribution >= 4 is 28.7 Å². The number of anilines is 3. The summed E-state index contributed by atoms with van der Waals surface area (Å²) >= 11 is 0. The van der Waals surface area contributed by atoms with Gasteiger partial charge in [-0.2, -0.15) is 0 Å². The van der Waals surface area contributed by atoms with Crippen molar-refractivity contribution in [3.05, 3.63) is 112 Å². The predicted octanol–water partition coefficient (Wildman–Crippen LogP) is 6.44. The number of fused-ring (bicyclic) bond motifs is 3. The molecule has 10 nitrogen and oxygen atoms in total. The third kappa shape index (κ3) is 6.93. The molecule has 1 aliphatic carbocycles. The summed E-state index contributed by atoms with van der Waals surface area (Å²) in [4.78, 5) is 27.4. The minimum Gasteiger partial charge on any atom is -0.392 e. The average Bonchev–Trinajstić information content (AvgIpc) is 3.54. The number of aliphatic hydroxyl groups excluding tert-OH is 1. The van der Waals surface area contributed by atoms with E-state index in [1.807, 2.05) is 54.7 Å². The van der Waals surface area contributed by atoms with Gasteiger partial charge >= 0.3 is 0 Å². The van der Waals surface area contributed by atoms with Crippen molar-refractivity contribution in [2.24, 2.45) is 0 Å². The molecule has 0 saturated carbocycles. The van der Waals surface area contributed by atoms with E-state index in [1.165, 1.54) is 23.4 Å². The van der Waals surface area contributed by atoms with Gasteiger partial charge in [0.25, 0.3) is 5.91 Å². The van der Waals surface area contributed by atoms with E-state index in [1.54, 1.807) is 4.90 Å². The van der Waals surface area contributed by atoms with E-state index in [-0.39, 0.29) is 12.5 Å². The highest BCUT2D eigenvalue weighted by Gasteiger charge is 2.33. The highest BCUT2D eigenvalue weighted by Crippen LogP contribution is 2.38. The number of aromatic nitrogens is 2. The van der Waals surface area contributed by atoms with Gasteiger partial charge in [-0.05, 0) is 86.6 Å². The minimum absolute atomic E-state index is 0.155. The number of piperazine rings is 1. The second kappa shape index (κ2) is 15.3. The average molecular weight is 720 g/mol. The van der Waals surface area contributed by atoms with Crippen molar-refractivity contribution in [1.29, 1.82) is 0 Å². The second-order valence-corrected chi connectivity index (χ2v) is 14.6. The Hall–Kier alpha value is -4.71. The van der Waals surface area contributed by atoms with Crippen molar-refractivity contribution in [2.75, 3.05) is 61.1 Å². The minimum atomic E-state index is -0.465. The van der Waals surface area contributed by atoms with Gasteiger partial charge in [0.2, 0.25) is 0 Å². The SMILES string of the molecule is C/C=C\N1C=C(c2cc(F)cc(N3CCn4c(cc5c4CCCC5)C3=O)c2CO)C=C(Nc2ccc(N3CCN(C4COC4)CC3)cn2)/C1=C\CCC. The van der Waals surface area contributed by atoms with Crippen LogP contribution in [0, 0.1) is 5.82 Å². The molecule has 0 spiro atoms. The number of unbranched alkanes of at least 4 members (excludes halogenated alkanes) is 1. The molecular formula is C42H50FN7O3. The van der Waals surface area contributed by atoms with Crippen molar-refractivity contribution in [3.8, 4) is 0 Å². The molecule has 6 heterocycles. The number of allylic oxidation sites excluding steroid dienone is 4. The molecule has 1 amide bonds. The number of aliphatic hydroxyl groups is 1. The van der Waals surface area contributed by atoms with Crippen LogP contribution in [-0.4, -0.2) is 82.3 Å². The van der Waals surface area contributed by atoms with Crippen LogP contribution in [0.2, 0.25) is 0 Å². The molecule has 8 rings (SSSR count). The van der Waals surface area contributed by atoms with E-state index >= 15 is 4.39 Å². The molecule has 2 saturated heterocycles. The maximum absolute atomic E-state index is 15.7. The lowest BCUT2D eigenvalue weighted by molar-refractivity contribution is -0.0660. The number of hydrogen-bond donors (Lipinski definition) is 2. The molecule has 53 heavy (non-hydrogen) atoms. The van der Waals surface area contributed by atoms with Gasteiger partial charge in [-0.15, -0.1) is 0 Å². The van der Waals surface area contributed by atoms with Crippen LogP contribution in [0.4, 0.5) is 21.6 Å². The quantitative estimate of drug-likeness (QED) is 0.248. The molecule has 11 heteroatoms. The van der Waals surface area contributed by atoms with Crippen molar-refractivity contribution in [2.45, 2.75) is 71.6 Å². The van der Waals surface area contributed by atoms with E-state index in [0.29, 0.717) is 53.0 Å². The fourth-order valence-electron chi connectivity index (χ4n) is 8.37. The lowest BCUT2D eigenvalue weighted by Crippen LogP contribution is -2.56. The molecule has 278 valence electrons. The number of amides is 1. The second-order valence-electron chi connectivity index (χ2n) is 14.6. The molecule has 0 radical (unpaired) electrons. The number of rotatable bonds is 10. The van der Waals surface area contributed by atoms with Crippen molar-refractivity contribution in [1.82, 2.24) is 19.4 Å². The van der Waals surface area contributed by atoms with E-state index in [0.717, 1.165) is 95.0 Å². The Morgan fingerprint density at radius 1 is 1.06 bits per heavy atom. The Labute approximate surface area is 311 Å². The van der Waals surface area contributed by atoms with Gasteiger partial charge in [0, 0.05) is 68.5 Å². The molecule has 4 aliphatic heterocycles. The first kappa shape index (κ1) is 35.3. The molecule has 2 aromatic heterocycles. The van der Waals surface area contributed by atoms with Crippen molar-refractivity contribution < 1.29 is 19.0 Å². The number of nitrogens with zero attached hydrogens (tertiary/aromatic N) is 6.